The Hall–Kier alpha value is -3.33. The van der Waals surface area contributed by atoms with Crippen LogP contribution in [0.2, 0.25) is 0 Å². The molecule has 1 aromatic carbocycles. The third kappa shape index (κ3) is 3.65. The number of benzene rings is 1. The Kier molecular flexibility index (Phi) is 4.70. The first-order valence-electron chi connectivity index (χ1n) is 10.2. The monoisotopic (exact) mass is 423 g/mol. The summed E-state index contributed by atoms with van der Waals surface area (Å²) in [6.07, 6.45) is 4.96. The third-order valence-corrected chi connectivity index (χ3v) is 5.51. The van der Waals surface area contributed by atoms with Gasteiger partial charge in [-0.25, -0.2) is 13.8 Å². The number of imidazole rings is 1. The predicted octanol–water partition coefficient (Wildman–Crippen LogP) is 3.79. The van der Waals surface area contributed by atoms with Crippen LogP contribution in [0.15, 0.2) is 36.8 Å². The van der Waals surface area contributed by atoms with E-state index in [0.717, 1.165) is 18.8 Å². The van der Waals surface area contributed by atoms with E-state index in [1.54, 1.807) is 29.9 Å². The summed E-state index contributed by atoms with van der Waals surface area (Å²) in [5.41, 5.74) is 2.18. The highest BCUT2D eigenvalue weighted by molar-refractivity contribution is 5.95. The summed E-state index contributed by atoms with van der Waals surface area (Å²) in [5, 5.41) is 15.6. The second-order valence-corrected chi connectivity index (χ2v) is 8.27. The van der Waals surface area contributed by atoms with Crippen LogP contribution in [-0.2, 0) is 0 Å². The van der Waals surface area contributed by atoms with Crippen LogP contribution in [0.5, 0.6) is 0 Å². The lowest BCUT2D eigenvalue weighted by Gasteiger charge is -2.37. The van der Waals surface area contributed by atoms with E-state index < -0.39 is 11.6 Å². The first kappa shape index (κ1) is 19.6. The molecule has 0 radical (unpaired) electrons. The molecular weight excluding hydrogens is 400 g/mol. The molecule has 1 fully saturated rings. The van der Waals surface area contributed by atoms with Crippen LogP contribution in [0.3, 0.4) is 0 Å². The number of aromatic nitrogens is 4. The van der Waals surface area contributed by atoms with Crippen molar-refractivity contribution in [3.8, 4) is 0 Å². The molecule has 7 nitrogen and oxygen atoms in total. The molecule has 0 aliphatic carbocycles. The number of halogens is 2. The van der Waals surface area contributed by atoms with Crippen LogP contribution in [0.1, 0.15) is 19.5 Å². The quantitative estimate of drug-likeness (QED) is 0.523. The zero-order valence-electron chi connectivity index (χ0n) is 17.5. The fourth-order valence-corrected chi connectivity index (χ4v) is 4.36. The van der Waals surface area contributed by atoms with Crippen LogP contribution in [0.25, 0.3) is 16.4 Å². The Balaban J connectivity index is 1.53. The summed E-state index contributed by atoms with van der Waals surface area (Å²) < 4.78 is 31.3. The highest BCUT2D eigenvalue weighted by atomic mass is 19.1. The molecule has 160 valence electrons. The van der Waals surface area contributed by atoms with Crippen molar-refractivity contribution in [3.05, 3.63) is 54.1 Å². The highest BCUT2D eigenvalue weighted by Gasteiger charge is 2.23. The normalized spacial score (nSPS) is 19.3. The lowest BCUT2D eigenvalue weighted by molar-refractivity contribution is 0.407. The van der Waals surface area contributed by atoms with Gasteiger partial charge in [0.15, 0.2) is 17.3 Å². The van der Waals surface area contributed by atoms with Gasteiger partial charge in [0.1, 0.15) is 5.82 Å². The van der Waals surface area contributed by atoms with Gasteiger partial charge in [0.25, 0.3) is 0 Å². The van der Waals surface area contributed by atoms with Gasteiger partial charge in [-0.05, 0) is 32.9 Å². The number of aryl methyl sites for hydroxylation is 1. The number of fused-ring (bicyclic) bond motifs is 2. The molecule has 5 rings (SSSR count). The van der Waals surface area contributed by atoms with E-state index in [1.165, 1.54) is 12.1 Å². The molecular formula is C22H23F2N7. The Morgan fingerprint density at radius 3 is 2.61 bits per heavy atom. The first-order chi connectivity index (χ1) is 14.9. The smallest absolute Gasteiger partial charge is 0.173 e. The van der Waals surface area contributed by atoms with Gasteiger partial charge in [-0.15, -0.1) is 5.10 Å². The number of pyridine rings is 1. The summed E-state index contributed by atoms with van der Waals surface area (Å²) in [7, 11) is 0. The van der Waals surface area contributed by atoms with Gasteiger partial charge in [0, 0.05) is 54.7 Å². The van der Waals surface area contributed by atoms with Gasteiger partial charge in [-0.2, -0.15) is 5.10 Å². The molecule has 1 saturated heterocycles. The van der Waals surface area contributed by atoms with E-state index in [0.29, 0.717) is 34.2 Å². The van der Waals surface area contributed by atoms with Crippen molar-refractivity contribution in [1.82, 2.24) is 24.9 Å². The van der Waals surface area contributed by atoms with E-state index in [2.05, 4.69) is 44.6 Å². The molecule has 0 bridgehead atoms. The van der Waals surface area contributed by atoms with Gasteiger partial charge < -0.3 is 19.9 Å². The highest BCUT2D eigenvalue weighted by Crippen LogP contribution is 2.31. The Labute approximate surface area is 178 Å². The first-order valence-corrected chi connectivity index (χ1v) is 10.2. The number of nitrogens with one attached hydrogen (secondary N) is 2. The largest absolute Gasteiger partial charge is 0.368 e. The predicted molar refractivity (Wildman–Crippen MR) is 117 cm³/mol. The van der Waals surface area contributed by atoms with Crippen molar-refractivity contribution >= 4 is 33.6 Å². The second kappa shape index (κ2) is 7.42. The minimum Gasteiger partial charge on any atom is -0.368 e. The number of hydrogen-bond acceptors (Lipinski definition) is 6. The molecule has 4 aromatic rings. The average molecular weight is 423 g/mol. The van der Waals surface area contributed by atoms with Gasteiger partial charge >= 0.3 is 0 Å². The fourth-order valence-electron chi connectivity index (χ4n) is 4.36. The maximum Gasteiger partial charge on any atom is 0.173 e. The maximum atomic E-state index is 15.3. The zero-order chi connectivity index (χ0) is 21.7. The lowest BCUT2D eigenvalue weighted by Crippen LogP contribution is -2.54. The minimum absolute atomic E-state index is 0.235. The van der Waals surface area contributed by atoms with Crippen molar-refractivity contribution in [1.29, 1.82) is 0 Å². The standard InChI is InChI=1S/C22H23F2N7/c1-12-8-30(9-13(2)26-12)17-4-15-7-25-29-21(20(15)18(23)6-17)28-16-5-19(24)22-27-14(3)10-31(22)11-16/h4-7,10-13,26H,8-9H2,1-3H3,(H,28,29). The van der Waals surface area contributed by atoms with Crippen molar-refractivity contribution in [2.24, 2.45) is 0 Å². The van der Waals surface area contributed by atoms with E-state index in [4.69, 9.17) is 0 Å². The molecule has 9 heteroatoms. The molecule has 2 unspecified atom stereocenters. The molecule has 1 aliphatic rings. The molecule has 4 heterocycles. The summed E-state index contributed by atoms with van der Waals surface area (Å²) >= 11 is 0. The molecule has 31 heavy (non-hydrogen) atoms. The van der Waals surface area contributed by atoms with Gasteiger partial charge in [0.2, 0.25) is 0 Å². The van der Waals surface area contributed by atoms with Gasteiger partial charge in [0.05, 0.1) is 23.0 Å². The maximum absolute atomic E-state index is 15.3. The van der Waals surface area contributed by atoms with E-state index in [1.807, 2.05) is 6.07 Å². The topological polar surface area (TPSA) is 70.4 Å². The molecule has 1 aliphatic heterocycles. The number of rotatable bonds is 3. The summed E-state index contributed by atoms with van der Waals surface area (Å²) in [5.74, 6) is -0.640. The summed E-state index contributed by atoms with van der Waals surface area (Å²) in [4.78, 5) is 6.33. The molecule has 0 saturated carbocycles. The summed E-state index contributed by atoms with van der Waals surface area (Å²) in [6, 6.07) is 5.39. The van der Waals surface area contributed by atoms with Crippen molar-refractivity contribution < 1.29 is 8.78 Å². The average Bonchev–Trinajstić information content (AvgIpc) is 3.08. The van der Waals surface area contributed by atoms with Crippen LogP contribution in [-0.4, -0.2) is 44.8 Å². The lowest BCUT2D eigenvalue weighted by atomic mass is 10.1. The molecule has 0 spiro atoms. The summed E-state index contributed by atoms with van der Waals surface area (Å²) in [6.45, 7) is 7.62. The Bertz CT molecular complexity index is 1280. The van der Waals surface area contributed by atoms with E-state index in [9.17, 15) is 4.39 Å². The molecule has 3 aromatic heterocycles. The number of nitrogens with zero attached hydrogens (tertiary/aromatic N) is 5. The second-order valence-electron chi connectivity index (χ2n) is 8.27. The van der Waals surface area contributed by atoms with Gasteiger partial charge in [-0.1, -0.05) is 0 Å². The van der Waals surface area contributed by atoms with Crippen molar-refractivity contribution in [3.63, 3.8) is 0 Å². The van der Waals surface area contributed by atoms with E-state index in [-0.39, 0.29) is 11.5 Å². The SMILES string of the molecule is Cc1cn2cc(Nc3nncc4cc(N5CC(C)NC(C)C5)cc(F)c34)cc(F)c2n1. The van der Waals surface area contributed by atoms with Crippen LogP contribution in [0, 0.1) is 18.6 Å². The number of piperazine rings is 1. The molecule has 0 amide bonds. The number of anilines is 3. The zero-order valence-corrected chi connectivity index (χ0v) is 17.5. The molecule has 2 atom stereocenters. The third-order valence-electron chi connectivity index (χ3n) is 5.51. The fraction of sp³-hybridized carbons (Fsp3) is 0.318. The Morgan fingerprint density at radius 1 is 1.06 bits per heavy atom. The number of hydrogen-bond donors (Lipinski definition) is 2. The molecule has 2 N–H and O–H groups in total. The Morgan fingerprint density at radius 2 is 1.84 bits per heavy atom. The minimum atomic E-state index is -0.476. The van der Waals surface area contributed by atoms with Gasteiger partial charge in [-0.3, -0.25) is 0 Å². The van der Waals surface area contributed by atoms with E-state index >= 15 is 4.39 Å². The van der Waals surface area contributed by atoms with Crippen molar-refractivity contribution in [2.45, 2.75) is 32.9 Å². The van der Waals surface area contributed by atoms with Crippen LogP contribution in [0.4, 0.5) is 26.0 Å². The van der Waals surface area contributed by atoms with Crippen molar-refractivity contribution in [2.75, 3.05) is 23.3 Å². The van der Waals surface area contributed by atoms with Crippen LogP contribution >= 0.6 is 0 Å². The van der Waals surface area contributed by atoms with Crippen LogP contribution < -0.4 is 15.5 Å².